The van der Waals surface area contributed by atoms with Crippen LogP contribution in [0.1, 0.15) is 28.9 Å². The van der Waals surface area contributed by atoms with Crippen molar-refractivity contribution in [1.29, 1.82) is 5.26 Å². The third-order valence-electron chi connectivity index (χ3n) is 6.07. The Labute approximate surface area is 201 Å². The lowest BCUT2D eigenvalue weighted by Crippen LogP contribution is -2.47. The maximum absolute atomic E-state index is 13.1. The molecule has 2 aromatic heterocycles. The number of nitrogens with one attached hydrogen (secondary N) is 3. The first-order valence-corrected chi connectivity index (χ1v) is 11.4. The van der Waals surface area contributed by atoms with Gasteiger partial charge in [0.05, 0.1) is 23.1 Å². The number of carbonyl (C=O) groups is 2. The van der Waals surface area contributed by atoms with Crippen molar-refractivity contribution in [3.05, 3.63) is 41.7 Å². The summed E-state index contributed by atoms with van der Waals surface area (Å²) in [4.78, 5) is 32.7. The molecule has 3 heterocycles. The van der Waals surface area contributed by atoms with Gasteiger partial charge in [-0.1, -0.05) is 0 Å². The number of likely N-dealkylation sites (N-methyl/N-ethyl adjacent to an activating group) is 1. The van der Waals surface area contributed by atoms with Crippen LogP contribution < -0.4 is 16.0 Å². The molecule has 2 aliphatic rings. The summed E-state index contributed by atoms with van der Waals surface area (Å²) in [6.45, 7) is 2.68. The van der Waals surface area contributed by atoms with Crippen LogP contribution in [0.4, 0.5) is 27.7 Å². The van der Waals surface area contributed by atoms with Gasteiger partial charge in [0.1, 0.15) is 6.07 Å². The van der Waals surface area contributed by atoms with Crippen molar-refractivity contribution < 1.29 is 14.7 Å². The van der Waals surface area contributed by atoms with E-state index in [2.05, 4.69) is 37.0 Å². The second kappa shape index (κ2) is 9.11. The molecule has 1 saturated carbocycles. The van der Waals surface area contributed by atoms with Gasteiger partial charge in [-0.05, 0) is 38.1 Å². The van der Waals surface area contributed by atoms with E-state index in [0.717, 1.165) is 31.6 Å². The molecule has 35 heavy (non-hydrogen) atoms. The molecule has 5 rings (SSSR count). The van der Waals surface area contributed by atoms with Crippen LogP contribution in [-0.2, 0) is 0 Å². The predicted molar refractivity (Wildman–Crippen MR) is 129 cm³/mol. The number of piperazine rings is 1. The third-order valence-corrected chi connectivity index (χ3v) is 6.07. The number of aromatic nitrogens is 3. The number of carboxylic acid groups (broad SMARTS) is 1. The van der Waals surface area contributed by atoms with E-state index in [0.29, 0.717) is 42.0 Å². The number of nitriles is 1. The number of hydrogen-bond acceptors (Lipinski definition) is 8. The highest BCUT2D eigenvalue weighted by Crippen LogP contribution is 2.30. The van der Waals surface area contributed by atoms with E-state index in [-0.39, 0.29) is 17.2 Å². The maximum atomic E-state index is 13.1. The molecular weight excluding hydrogens is 450 g/mol. The Hall–Kier alpha value is -4.37. The van der Waals surface area contributed by atoms with E-state index in [9.17, 15) is 20.0 Å². The van der Waals surface area contributed by atoms with Crippen LogP contribution in [0.3, 0.4) is 0 Å². The number of rotatable bonds is 6. The average Bonchev–Trinajstić information content (AvgIpc) is 3.55. The first-order valence-electron chi connectivity index (χ1n) is 11.4. The van der Waals surface area contributed by atoms with Gasteiger partial charge in [-0.2, -0.15) is 9.78 Å². The predicted octanol–water partition coefficient (Wildman–Crippen LogP) is 2.40. The van der Waals surface area contributed by atoms with Crippen LogP contribution in [0.2, 0.25) is 0 Å². The smallest absolute Gasteiger partial charge is 0.409 e. The van der Waals surface area contributed by atoms with E-state index >= 15 is 0 Å². The van der Waals surface area contributed by atoms with Gasteiger partial charge in [-0.15, -0.1) is 5.10 Å². The summed E-state index contributed by atoms with van der Waals surface area (Å²) >= 11 is 0. The summed E-state index contributed by atoms with van der Waals surface area (Å²) in [6, 6.07) is 9.12. The highest BCUT2D eigenvalue weighted by Gasteiger charge is 2.25. The first kappa shape index (κ1) is 22.4. The number of nitrogens with zero attached hydrogens (tertiary/aromatic N) is 6. The van der Waals surface area contributed by atoms with E-state index < -0.39 is 6.09 Å². The lowest BCUT2D eigenvalue weighted by atomic mass is 10.1. The second-order valence-corrected chi connectivity index (χ2v) is 8.76. The zero-order valence-corrected chi connectivity index (χ0v) is 19.2. The number of hydrogen-bond donors (Lipinski definition) is 4. The lowest BCUT2D eigenvalue weighted by molar-refractivity contribution is 0.0665. The summed E-state index contributed by atoms with van der Waals surface area (Å²) in [7, 11) is 2.00. The molecule has 1 aliphatic heterocycles. The van der Waals surface area contributed by atoms with Gasteiger partial charge in [-0.3, -0.25) is 10.1 Å². The monoisotopic (exact) mass is 475 g/mol. The zero-order chi connectivity index (χ0) is 24.5. The largest absolute Gasteiger partial charge is 0.465 e. The Morgan fingerprint density at radius 1 is 1.14 bits per heavy atom. The van der Waals surface area contributed by atoms with E-state index in [1.165, 1.54) is 10.7 Å². The van der Waals surface area contributed by atoms with Gasteiger partial charge in [0.25, 0.3) is 5.91 Å². The van der Waals surface area contributed by atoms with Gasteiger partial charge >= 0.3 is 6.09 Å². The van der Waals surface area contributed by atoms with Crippen LogP contribution in [0.15, 0.2) is 30.5 Å². The fraction of sp³-hybridized carbons (Fsp3) is 0.348. The van der Waals surface area contributed by atoms with Crippen molar-refractivity contribution in [3.8, 4) is 6.07 Å². The zero-order valence-electron chi connectivity index (χ0n) is 19.2. The van der Waals surface area contributed by atoms with Crippen molar-refractivity contribution in [3.63, 3.8) is 0 Å². The minimum absolute atomic E-state index is 0.184. The molecule has 1 saturated heterocycles. The molecule has 3 aromatic rings. The standard InChI is InChI=1S/C23H25N9O3/c1-30-6-8-31(9-7-30)22(33)17-5-4-15(10-18(17)28-23(34)35)27-20-11-19(26-14-2-3-14)21-25-13-16(12-24)32(21)29-20/h4-5,10-11,13-14,26,28H,2-3,6-9H2,1H3,(H,27,29)(H,34,35). The Kier molecular flexibility index (Phi) is 5.84. The number of carbonyl (C=O) groups excluding carboxylic acids is 1. The molecule has 0 radical (unpaired) electrons. The Morgan fingerprint density at radius 2 is 1.91 bits per heavy atom. The molecule has 4 N–H and O–H groups in total. The number of benzene rings is 1. The highest BCUT2D eigenvalue weighted by molar-refractivity contribution is 6.03. The normalized spacial score (nSPS) is 16.1. The first-order chi connectivity index (χ1) is 16.9. The molecule has 0 atom stereocenters. The number of anilines is 4. The van der Waals surface area contributed by atoms with Crippen molar-refractivity contribution in [2.24, 2.45) is 0 Å². The SMILES string of the molecule is CN1CCN(C(=O)c2ccc(Nc3cc(NC4CC4)c4ncc(C#N)n4n3)cc2NC(=O)O)CC1. The van der Waals surface area contributed by atoms with E-state index in [1.807, 2.05) is 7.05 Å². The number of fused-ring (bicyclic) bond motifs is 1. The Bertz CT molecular complexity index is 1330. The van der Waals surface area contributed by atoms with Gasteiger partial charge < -0.3 is 25.5 Å². The fourth-order valence-electron chi connectivity index (χ4n) is 4.01. The van der Waals surface area contributed by atoms with Crippen LogP contribution in [0.25, 0.3) is 5.65 Å². The van der Waals surface area contributed by atoms with Crippen LogP contribution >= 0.6 is 0 Å². The maximum Gasteiger partial charge on any atom is 0.409 e. The van der Waals surface area contributed by atoms with E-state index in [1.54, 1.807) is 29.2 Å². The summed E-state index contributed by atoms with van der Waals surface area (Å²) < 4.78 is 1.47. The van der Waals surface area contributed by atoms with Crippen LogP contribution in [0, 0.1) is 11.3 Å². The second-order valence-electron chi connectivity index (χ2n) is 8.76. The molecule has 180 valence electrons. The minimum Gasteiger partial charge on any atom is -0.465 e. The summed E-state index contributed by atoms with van der Waals surface area (Å²) in [5.41, 5.74) is 2.60. The fourth-order valence-corrected chi connectivity index (χ4v) is 4.01. The molecule has 2 fully saturated rings. The minimum atomic E-state index is -1.26. The Balaban J connectivity index is 1.45. The van der Waals surface area contributed by atoms with Gasteiger partial charge in [0.15, 0.2) is 17.2 Å². The third kappa shape index (κ3) is 4.80. The molecule has 1 aliphatic carbocycles. The average molecular weight is 476 g/mol. The van der Waals surface area contributed by atoms with Gasteiger partial charge in [0.2, 0.25) is 0 Å². The van der Waals surface area contributed by atoms with Gasteiger partial charge in [0, 0.05) is 44.0 Å². The summed E-state index contributed by atoms with van der Waals surface area (Å²) in [5, 5.41) is 32.2. The molecule has 1 aromatic carbocycles. The summed E-state index contributed by atoms with van der Waals surface area (Å²) in [6.07, 6.45) is 2.34. The molecule has 0 bridgehead atoms. The lowest BCUT2D eigenvalue weighted by Gasteiger charge is -2.32. The van der Waals surface area contributed by atoms with Gasteiger partial charge in [-0.25, -0.2) is 9.78 Å². The van der Waals surface area contributed by atoms with Crippen molar-refractivity contribution in [2.45, 2.75) is 18.9 Å². The number of imidazole rings is 1. The summed E-state index contributed by atoms with van der Waals surface area (Å²) in [5.74, 6) is 0.218. The van der Waals surface area contributed by atoms with Crippen LogP contribution in [0.5, 0.6) is 0 Å². The molecule has 0 unspecified atom stereocenters. The highest BCUT2D eigenvalue weighted by atomic mass is 16.4. The molecule has 12 nitrogen and oxygen atoms in total. The number of amides is 2. The van der Waals surface area contributed by atoms with Crippen molar-refractivity contribution >= 4 is 40.5 Å². The topological polar surface area (TPSA) is 151 Å². The molecule has 12 heteroatoms. The molecular formula is C23H25N9O3. The van der Waals surface area contributed by atoms with Crippen LogP contribution in [-0.4, -0.2) is 80.8 Å². The Morgan fingerprint density at radius 3 is 2.60 bits per heavy atom. The molecule has 0 spiro atoms. The quantitative estimate of drug-likeness (QED) is 0.421. The van der Waals surface area contributed by atoms with E-state index in [4.69, 9.17) is 0 Å². The van der Waals surface area contributed by atoms with Crippen molar-refractivity contribution in [1.82, 2.24) is 24.4 Å². The molecule has 2 amide bonds. The van der Waals surface area contributed by atoms with Crippen molar-refractivity contribution in [2.75, 3.05) is 49.2 Å².